The second kappa shape index (κ2) is 7.76. The SMILES string of the molecule is C[C@@H]1CN(C(=O)CN(C)[C@@H](C)c2ccc(-n3cncn3)cc2)CCO1. The molecule has 0 spiro atoms. The largest absolute Gasteiger partial charge is 0.375 e. The number of rotatable bonds is 5. The monoisotopic (exact) mass is 343 g/mol. The maximum Gasteiger partial charge on any atom is 0.236 e. The van der Waals surface area contributed by atoms with Gasteiger partial charge in [0.25, 0.3) is 0 Å². The van der Waals surface area contributed by atoms with Crippen molar-refractivity contribution in [1.29, 1.82) is 0 Å². The Morgan fingerprint density at radius 2 is 2.16 bits per heavy atom. The van der Waals surface area contributed by atoms with Crippen molar-refractivity contribution in [2.24, 2.45) is 0 Å². The zero-order chi connectivity index (χ0) is 17.8. The van der Waals surface area contributed by atoms with Gasteiger partial charge in [-0.1, -0.05) is 12.1 Å². The van der Waals surface area contributed by atoms with Crippen molar-refractivity contribution >= 4 is 5.91 Å². The van der Waals surface area contributed by atoms with Crippen LogP contribution in [0, 0.1) is 0 Å². The Kier molecular flexibility index (Phi) is 5.45. The molecule has 1 saturated heterocycles. The quantitative estimate of drug-likeness (QED) is 0.823. The Labute approximate surface area is 148 Å². The van der Waals surface area contributed by atoms with E-state index in [1.165, 1.54) is 6.33 Å². The molecular weight excluding hydrogens is 318 g/mol. The van der Waals surface area contributed by atoms with Crippen LogP contribution in [-0.4, -0.2) is 69.9 Å². The number of benzene rings is 1. The van der Waals surface area contributed by atoms with E-state index in [2.05, 4.69) is 34.0 Å². The third-order valence-electron chi connectivity index (χ3n) is 4.70. The molecule has 0 aliphatic carbocycles. The number of ether oxygens (including phenoxy) is 1. The van der Waals surface area contributed by atoms with Crippen LogP contribution < -0.4 is 0 Å². The molecule has 1 aromatic carbocycles. The molecule has 1 fully saturated rings. The predicted octanol–water partition coefficient (Wildman–Crippen LogP) is 1.51. The van der Waals surface area contributed by atoms with Crippen LogP contribution in [0.4, 0.5) is 0 Å². The van der Waals surface area contributed by atoms with Crippen molar-refractivity contribution in [2.45, 2.75) is 26.0 Å². The lowest BCUT2D eigenvalue weighted by Crippen LogP contribution is -2.48. The minimum absolute atomic E-state index is 0.116. The van der Waals surface area contributed by atoms with Crippen LogP contribution in [-0.2, 0) is 9.53 Å². The van der Waals surface area contributed by atoms with Crippen LogP contribution in [0.15, 0.2) is 36.9 Å². The fourth-order valence-electron chi connectivity index (χ4n) is 3.00. The van der Waals surface area contributed by atoms with E-state index in [-0.39, 0.29) is 18.1 Å². The van der Waals surface area contributed by atoms with Crippen molar-refractivity contribution in [3.05, 3.63) is 42.5 Å². The number of aromatic nitrogens is 3. The molecule has 0 bridgehead atoms. The highest BCUT2D eigenvalue weighted by Crippen LogP contribution is 2.20. The lowest BCUT2D eigenvalue weighted by Gasteiger charge is -2.33. The number of carbonyl (C=O) groups excluding carboxylic acids is 1. The summed E-state index contributed by atoms with van der Waals surface area (Å²) in [4.78, 5) is 20.4. The average molecular weight is 343 g/mol. The number of nitrogens with zero attached hydrogens (tertiary/aromatic N) is 5. The Morgan fingerprint density at radius 1 is 1.40 bits per heavy atom. The zero-order valence-corrected chi connectivity index (χ0v) is 15.0. The predicted molar refractivity (Wildman–Crippen MR) is 94.4 cm³/mol. The normalized spacial score (nSPS) is 19.2. The summed E-state index contributed by atoms with van der Waals surface area (Å²) < 4.78 is 7.23. The molecule has 0 saturated carbocycles. The minimum Gasteiger partial charge on any atom is -0.375 e. The van der Waals surface area contributed by atoms with E-state index in [0.717, 1.165) is 11.3 Å². The first-order valence-electron chi connectivity index (χ1n) is 8.59. The molecule has 2 atom stereocenters. The van der Waals surface area contributed by atoms with Gasteiger partial charge in [0.15, 0.2) is 0 Å². The van der Waals surface area contributed by atoms with E-state index in [1.807, 2.05) is 31.0 Å². The zero-order valence-electron chi connectivity index (χ0n) is 15.0. The number of carbonyl (C=O) groups is 1. The van der Waals surface area contributed by atoms with Gasteiger partial charge in [0.2, 0.25) is 5.91 Å². The second-order valence-electron chi connectivity index (χ2n) is 6.54. The number of likely N-dealkylation sites (N-methyl/N-ethyl adjacent to an activating group) is 1. The fraction of sp³-hybridized carbons (Fsp3) is 0.500. The summed E-state index contributed by atoms with van der Waals surface area (Å²) in [6, 6.07) is 8.31. The van der Waals surface area contributed by atoms with E-state index in [0.29, 0.717) is 26.2 Å². The maximum atomic E-state index is 12.5. The van der Waals surface area contributed by atoms with Crippen molar-refractivity contribution in [3.8, 4) is 5.69 Å². The van der Waals surface area contributed by atoms with Crippen molar-refractivity contribution < 1.29 is 9.53 Å². The summed E-state index contributed by atoms with van der Waals surface area (Å²) >= 11 is 0. The minimum atomic E-state index is 0.116. The van der Waals surface area contributed by atoms with Crippen LogP contribution in [0.1, 0.15) is 25.5 Å². The van der Waals surface area contributed by atoms with Crippen LogP contribution in [0.5, 0.6) is 0 Å². The lowest BCUT2D eigenvalue weighted by molar-refractivity contribution is -0.139. The molecule has 1 aliphatic heterocycles. The topological polar surface area (TPSA) is 63.5 Å². The van der Waals surface area contributed by atoms with E-state index >= 15 is 0 Å². The van der Waals surface area contributed by atoms with Crippen molar-refractivity contribution in [1.82, 2.24) is 24.6 Å². The molecular formula is C18H25N5O2. The first-order chi connectivity index (χ1) is 12.0. The van der Waals surface area contributed by atoms with Gasteiger partial charge in [0.1, 0.15) is 12.7 Å². The second-order valence-corrected chi connectivity index (χ2v) is 6.54. The molecule has 0 N–H and O–H groups in total. The number of morpholine rings is 1. The van der Waals surface area contributed by atoms with Gasteiger partial charge in [-0.15, -0.1) is 0 Å². The maximum absolute atomic E-state index is 12.5. The molecule has 7 heteroatoms. The molecule has 2 aromatic rings. The molecule has 0 unspecified atom stereocenters. The van der Waals surface area contributed by atoms with Gasteiger partial charge in [-0.3, -0.25) is 9.69 Å². The van der Waals surface area contributed by atoms with E-state index in [1.54, 1.807) is 11.0 Å². The Balaban J connectivity index is 1.60. The van der Waals surface area contributed by atoms with Crippen LogP contribution in [0.2, 0.25) is 0 Å². The summed E-state index contributed by atoms with van der Waals surface area (Å²) in [6.45, 7) is 6.49. The van der Waals surface area contributed by atoms with E-state index < -0.39 is 0 Å². The highest BCUT2D eigenvalue weighted by Gasteiger charge is 2.23. The summed E-state index contributed by atoms with van der Waals surface area (Å²) in [5.74, 6) is 0.156. The fourth-order valence-corrected chi connectivity index (χ4v) is 3.00. The number of amides is 1. The Hall–Kier alpha value is -2.25. The van der Waals surface area contributed by atoms with Gasteiger partial charge in [0, 0.05) is 19.1 Å². The Morgan fingerprint density at radius 3 is 2.80 bits per heavy atom. The number of hydrogen-bond donors (Lipinski definition) is 0. The van der Waals surface area contributed by atoms with Crippen molar-refractivity contribution in [2.75, 3.05) is 33.3 Å². The average Bonchev–Trinajstić information content (AvgIpc) is 3.16. The Bertz CT molecular complexity index is 686. The van der Waals surface area contributed by atoms with E-state index in [9.17, 15) is 4.79 Å². The molecule has 3 rings (SSSR count). The van der Waals surface area contributed by atoms with Crippen molar-refractivity contribution in [3.63, 3.8) is 0 Å². The van der Waals surface area contributed by atoms with Gasteiger partial charge < -0.3 is 9.64 Å². The van der Waals surface area contributed by atoms with Crippen LogP contribution in [0.25, 0.3) is 5.69 Å². The third-order valence-corrected chi connectivity index (χ3v) is 4.70. The summed E-state index contributed by atoms with van der Waals surface area (Å²) in [7, 11) is 1.98. The van der Waals surface area contributed by atoms with Crippen LogP contribution in [0.3, 0.4) is 0 Å². The molecule has 1 aliphatic rings. The summed E-state index contributed by atoms with van der Waals surface area (Å²) in [5, 5.41) is 4.13. The van der Waals surface area contributed by atoms with Gasteiger partial charge in [-0.2, -0.15) is 5.10 Å². The van der Waals surface area contributed by atoms with Gasteiger partial charge >= 0.3 is 0 Å². The molecule has 2 heterocycles. The molecule has 7 nitrogen and oxygen atoms in total. The molecule has 0 radical (unpaired) electrons. The standard InChI is InChI=1S/C18H25N5O2/c1-14-10-22(8-9-25-14)18(24)11-21(3)15(2)16-4-6-17(7-5-16)23-13-19-12-20-23/h4-7,12-15H,8-11H2,1-3H3/t14-,15+/m1/s1. The first kappa shape index (κ1) is 17.6. The smallest absolute Gasteiger partial charge is 0.236 e. The summed E-state index contributed by atoms with van der Waals surface area (Å²) in [6.07, 6.45) is 3.30. The number of hydrogen-bond acceptors (Lipinski definition) is 5. The molecule has 134 valence electrons. The van der Waals surface area contributed by atoms with E-state index in [4.69, 9.17) is 4.74 Å². The molecule has 1 aromatic heterocycles. The first-order valence-corrected chi connectivity index (χ1v) is 8.59. The molecule has 25 heavy (non-hydrogen) atoms. The highest BCUT2D eigenvalue weighted by atomic mass is 16.5. The third kappa shape index (κ3) is 4.24. The van der Waals surface area contributed by atoms with Gasteiger partial charge in [-0.05, 0) is 38.6 Å². The summed E-state index contributed by atoms with van der Waals surface area (Å²) in [5.41, 5.74) is 2.13. The van der Waals surface area contributed by atoms with Crippen LogP contribution >= 0.6 is 0 Å². The highest BCUT2D eigenvalue weighted by molar-refractivity contribution is 5.78. The van der Waals surface area contributed by atoms with Gasteiger partial charge in [0.05, 0.1) is 24.9 Å². The lowest BCUT2D eigenvalue weighted by atomic mass is 10.1. The molecule has 1 amide bonds. The van der Waals surface area contributed by atoms with Gasteiger partial charge in [-0.25, -0.2) is 9.67 Å².